The van der Waals surface area contributed by atoms with E-state index in [-0.39, 0.29) is 24.3 Å². The highest BCUT2D eigenvalue weighted by molar-refractivity contribution is 7.20. The zero-order valence-corrected chi connectivity index (χ0v) is 19.1. The van der Waals surface area contributed by atoms with Gasteiger partial charge in [0.05, 0.1) is 11.3 Å². The first kappa shape index (κ1) is 22.5. The average Bonchev–Trinajstić information content (AvgIpc) is 3.50. The zero-order chi connectivity index (χ0) is 23.8. The fraction of sp³-hybridized carbons (Fsp3) is 0.417. The van der Waals surface area contributed by atoms with Gasteiger partial charge in [0.2, 0.25) is 18.1 Å². The molecule has 3 amide bonds. The maximum absolute atomic E-state index is 13.6. The lowest BCUT2D eigenvalue weighted by Crippen LogP contribution is -2.57. The molecule has 5 atom stereocenters. The number of thiophene rings is 1. The third kappa shape index (κ3) is 4.30. The minimum absolute atomic E-state index is 0.117. The number of cyclic esters (lactones) is 1. The van der Waals surface area contributed by atoms with Crippen molar-refractivity contribution in [1.29, 1.82) is 0 Å². The fourth-order valence-corrected chi connectivity index (χ4v) is 5.83. The van der Waals surface area contributed by atoms with Crippen molar-refractivity contribution in [2.75, 3.05) is 0 Å². The molecular weight excluding hydrogens is 458 g/mol. The maximum atomic E-state index is 13.6. The summed E-state index contributed by atoms with van der Waals surface area (Å²) in [4.78, 5) is 53.1. The lowest BCUT2D eigenvalue weighted by Gasteiger charge is -2.34. The topological polar surface area (TPSA) is 125 Å². The van der Waals surface area contributed by atoms with E-state index in [1.807, 2.05) is 42.5 Å². The van der Waals surface area contributed by atoms with Crippen LogP contribution in [-0.4, -0.2) is 64.2 Å². The molecule has 9 nitrogen and oxygen atoms in total. The van der Waals surface area contributed by atoms with Crippen LogP contribution in [-0.2, 0) is 19.1 Å². The number of amides is 3. The predicted molar refractivity (Wildman–Crippen MR) is 124 cm³/mol. The van der Waals surface area contributed by atoms with Crippen molar-refractivity contribution < 1.29 is 29.0 Å². The molecular formula is C24H25N3O6S. The number of nitrogens with zero attached hydrogens (tertiary/aromatic N) is 1. The number of hydrogen-bond donors (Lipinski definition) is 3. The van der Waals surface area contributed by atoms with Gasteiger partial charge < -0.3 is 25.4 Å². The third-order valence-electron chi connectivity index (χ3n) is 6.57. The second-order valence-electron chi connectivity index (χ2n) is 8.81. The molecule has 2 unspecified atom stereocenters. The van der Waals surface area contributed by atoms with E-state index in [4.69, 9.17) is 4.74 Å². The Kier molecular flexibility index (Phi) is 6.09. The highest BCUT2D eigenvalue weighted by Gasteiger charge is 2.45. The SMILES string of the molecule is O=C1CC(NC(=O)[C@@H]2CC[C@H]3C/C=C\C[C@H](NC(=O)c4cc5ccccc5s4)C(=O)N32)C(O)O1. The fourth-order valence-electron chi connectivity index (χ4n) is 4.86. The predicted octanol–water partition coefficient (Wildman–Crippen LogP) is 1.46. The molecule has 2 aromatic rings. The molecule has 0 spiro atoms. The molecule has 3 aliphatic rings. The Labute approximate surface area is 199 Å². The Morgan fingerprint density at radius 2 is 1.88 bits per heavy atom. The van der Waals surface area contributed by atoms with E-state index in [1.54, 1.807) is 4.90 Å². The molecule has 5 rings (SSSR count). The van der Waals surface area contributed by atoms with E-state index in [1.165, 1.54) is 11.3 Å². The number of aliphatic hydroxyl groups excluding tert-OH is 1. The standard InChI is InChI=1S/C24H25N3O6S/c28-20-12-16(24(32)33-20)26-21(29)17-10-9-14-6-2-3-7-15(23(31)27(14)17)25-22(30)19-11-13-5-1-4-8-18(13)34-19/h1-5,8,11,14-17,24,32H,6-7,9-10,12H2,(H,25,30)(H,26,29)/b3-2-/t14-,15+,16?,17+,24?/m1/s1. The summed E-state index contributed by atoms with van der Waals surface area (Å²) in [5, 5.41) is 16.3. The molecule has 2 fully saturated rings. The van der Waals surface area contributed by atoms with Gasteiger partial charge in [0.15, 0.2) is 0 Å². The first-order valence-corrected chi connectivity index (χ1v) is 12.2. The van der Waals surface area contributed by atoms with E-state index >= 15 is 0 Å². The van der Waals surface area contributed by atoms with Crippen LogP contribution in [0.5, 0.6) is 0 Å². The van der Waals surface area contributed by atoms with E-state index in [0.29, 0.717) is 30.6 Å². The summed E-state index contributed by atoms with van der Waals surface area (Å²) in [6.07, 6.45) is 4.43. The van der Waals surface area contributed by atoms with Crippen molar-refractivity contribution in [3.63, 3.8) is 0 Å². The van der Waals surface area contributed by atoms with Gasteiger partial charge in [-0.2, -0.15) is 0 Å². The van der Waals surface area contributed by atoms with Crippen LogP contribution in [0.4, 0.5) is 0 Å². The minimum Gasteiger partial charge on any atom is -0.434 e. The molecule has 3 N–H and O–H groups in total. The highest BCUT2D eigenvalue weighted by Crippen LogP contribution is 2.31. The molecule has 4 heterocycles. The van der Waals surface area contributed by atoms with E-state index < -0.39 is 36.3 Å². The van der Waals surface area contributed by atoms with E-state index in [0.717, 1.165) is 10.1 Å². The number of ether oxygens (including phenoxy) is 1. The quantitative estimate of drug-likeness (QED) is 0.447. The Hall–Kier alpha value is -3.24. The summed E-state index contributed by atoms with van der Waals surface area (Å²) < 4.78 is 5.68. The van der Waals surface area contributed by atoms with Gasteiger partial charge in [-0.3, -0.25) is 19.2 Å². The normalized spacial score (nSPS) is 29.8. The lowest BCUT2D eigenvalue weighted by molar-refractivity contribution is -0.155. The van der Waals surface area contributed by atoms with Crippen LogP contribution in [0.2, 0.25) is 0 Å². The van der Waals surface area contributed by atoms with Crippen LogP contribution in [0.1, 0.15) is 41.8 Å². The number of aliphatic hydroxyl groups is 1. The monoisotopic (exact) mass is 483 g/mol. The van der Waals surface area contributed by atoms with Crippen molar-refractivity contribution in [3.05, 3.63) is 47.4 Å². The summed E-state index contributed by atoms with van der Waals surface area (Å²) in [7, 11) is 0. The van der Waals surface area contributed by atoms with Crippen LogP contribution in [0, 0.1) is 0 Å². The van der Waals surface area contributed by atoms with Gasteiger partial charge in [-0.15, -0.1) is 11.3 Å². The molecule has 0 bridgehead atoms. The van der Waals surface area contributed by atoms with Crippen molar-refractivity contribution in [1.82, 2.24) is 15.5 Å². The van der Waals surface area contributed by atoms with Gasteiger partial charge in [-0.1, -0.05) is 30.4 Å². The van der Waals surface area contributed by atoms with E-state index in [9.17, 15) is 24.3 Å². The number of rotatable bonds is 4. The number of carbonyl (C=O) groups is 4. The second-order valence-corrected chi connectivity index (χ2v) is 9.89. The van der Waals surface area contributed by atoms with Crippen LogP contribution < -0.4 is 10.6 Å². The van der Waals surface area contributed by atoms with Crippen molar-refractivity contribution in [3.8, 4) is 0 Å². The van der Waals surface area contributed by atoms with Crippen molar-refractivity contribution in [2.24, 2.45) is 0 Å². The summed E-state index contributed by atoms with van der Waals surface area (Å²) in [6, 6.07) is 6.97. The average molecular weight is 484 g/mol. The molecule has 34 heavy (non-hydrogen) atoms. The Balaban J connectivity index is 1.32. The molecule has 1 aromatic carbocycles. The summed E-state index contributed by atoms with van der Waals surface area (Å²) in [5.74, 6) is -1.65. The lowest BCUT2D eigenvalue weighted by atomic mass is 10.0. The van der Waals surface area contributed by atoms with Crippen LogP contribution in [0.15, 0.2) is 42.5 Å². The molecule has 3 aliphatic heterocycles. The van der Waals surface area contributed by atoms with Gasteiger partial charge in [0, 0.05) is 10.7 Å². The largest absolute Gasteiger partial charge is 0.434 e. The van der Waals surface area contributed by atoms with Crippen LogP contribution >= 0.6 is 11.3 Å². The maximum Gasteiger partial charge on any atom is 0.310 e. The van der Waals surface area contributed by atoms with E-state index in [2.05, 4.69) is 10.6 Å². The zero-order valence-electron chi connectivity index (χ0n) is 18.3. The number of nitrogens with one attached hydrogen (secondary N) is 2. The summed E-state index contributed by atoms with van der Waals surface area (Å²) in [5.41, 5.74) is 0. The summed E-state index contributed by atoms with van der Waals surface area (Å²) in [6.45, 7) is 0. The first-order valence-electron chi connectivity index (χ1n) is 11.4. The molecule has 0 radical (unpaired) electrons. The number of esters is 1. The Morgan fingerprint density at radius 1 is 1.09 bits per heavy atom. The Morgan fingerprint density at radius 3 is 2.65 bits per heavy atom. The Bertz CT molecular complexity index is 1140. The highest BCUT2D eigenvalue weighted by atomic mass is 32.1. The van der Waals surface area contributed by atoms with Crippen molar-refractivity contribution >= 4 is 45.1 Å². The molecule has 2 saturated heterocycles. The molecule has 1 aromatic heterocycles. The van der Waals surface area contributed by atoms with Gasteiger partial charge in [-0.05, 0) is 43.2 Å². The van der Waals surface area contributed by atoms with Crippen LogP contribution in [0.3, 0.4) is 0 Å². The minimum atomic E-state index is -1.40. The summed E-state index contributed by atoms with van der Waals surface area (Å²) >= 11 is 1.37. The van der Waals surface area contributed by atoms with Gasteiger partial charge in [0.1, 0.15) is 18.1 Å². The molecule has 0 saturated carbocycles. The van der Waals surface area contributed by atoms with Crippen LogP contribution in [0.25, 0.3) is 10.1 Å². The number of fused-ring (bicyclic) bond motifs is 2. The van der Waals surface area contributed by atoms with Gasteiger partial charge in [-0.25, -0.2) is 0 Å². The third-order valence-corrected chi connectivity index (χ3v) is 7.68. The number of benzene rings is 1. The molecule has 0 aliphatic carbocycles. The first-order chi connectivity index (χ1) is 16.4. The molecule has 10 heteroatoms. The second kappa shape index (κ2) is 9.19. The number of hydrogen-bond acceptors (Lipinski definition) is 7. The van der Waals surface area contributed by atoms with Gasteiger partial charge in [0.25, 0.3) is 5.91 Å². The number of carbonyl (C=O) groups excluding carboxylic acids is 4. The van der Waals surface area contributed by atoms with Gasteiger partial charge >= 0.3 is 5.97 Å². The van der Waals surface area contributed by atoms with Crippen molar-refractivity contribution in [2.45, 2.75) is 62.6 Å². The molecule has 178 valence electrons. The smallest absolute Gasteiger partial charge is 0.310 e.